The Kier molecular flexibility index (Phi) is 4.90. The van der Waals surface area contributed by atoms with E-state index in [1.807, 2.05) is 53.4 Å². The van der Waals surface area contributed by atoms with E-state index in [-0.39, 0.29) is 29.7 Å². The molecule has 1 amide bonds. The number of phenols is 1. The number of para-hydroxylation sites is 1. The first-order valence-corrected chi connectivity index (χ1v) is 10.2. The van der Waals surface area contributed by atoms with E-state index >= 15 is 0 Å². The molecule has 0 saturated carbocycles. The fraction of sp³-hybridized carbons (Fsp3) is 0.217. The number of aromatic hydroxyl groups is 1. The van der Waals surface area contributed by atoms with Gasteiger partial charge in [-0.1, -0.05) is 48.0 Å². The van der Waals surface area contributed by atoms with Crippen molar-refractivity contribution < 1.29 is 9.90 Å². The normalized spacial score (nSPS) is 25.5. The molecule has 2 saturated heterocycles. The van der Waals surface area contributed by atoms with Crippen molar-refractivity contribution >= 4 is 17.5 Å². The van der Waals surface area contributed by atoms with Crippen LogP contribution in [0.15, 0.2) is 73.1 Å². The number of nitrogens with zero attached hydrogens (tertiary/aromatic N) is 2. The number of halogens is 1. The van der Waals surface area contributed by atoms with Crippen molar-refractivity contribution in [3.63, 3.8) is 0 Å². The van der Waals surface area contributed by atoms with Crippen LogP contribution in [0.5, 0.6) is 5.75 Å². The van der Waals surface area contributed by atoms with Gasteiger partial charge in [0.05, 0.1) is 12.1 Å². The molecule has 0 radical (unpaired) electrons. The third kappa shape index (κ3) is 3.23. The lowest BCUT2D eigenvalue weighted by molar-refractivity contribution is -0.131. The predicted octanol–water partition coefficient (Wildman–Crippen LogP) is 3.36. The van der Waals surface area contributed by atoms with Crippen LogP contribution in [0.3, 0.4) is 0 Å². The monoisotopic (exact) mass is 420 g/mol. The number of carbonyl (C=O) groups excluding carboxylic acids is 1. The van der Waals surface area contributed by atoms with Gasteiger partial charge in [-0.15, -0.1) is 0 Å². The van der Waals surface area contributed by atoms with Crippen LogP contribution in [-0.4, -0.2) is 26.9 Å². The highest BCUT2D eigenvalue weighted by atomic mass is 35.5. The molecule has 3 aromatic rings. The number of phenolic OH excluding ortho intramolecular Hbond substituents is 1. The largest absolute Gasteiger partial charge is 0.508 e. The Labute approximate surface area is 179 Å². The molecule has 7 heteroatoms. The molecule has 0 bridgehead atoms. The molecule has 6 nitrogen and oxygen atoms in total. The van der Waals surface area contributed by atoms with Crippen molar-refractivity contribution in [3.8, 4) is 5.75 Å². The van der Waals surface area contributed by atoms with Gasteiger partial charge >= 0.3 is 0 Å². The highest BCUT2D eigenvalue weighted by Gasteiger charge is 2.55. The Hall–Kier alpha value is -2.93. The van der Waals surface area contributed by atoms with Gasteiger partial charge in [0.15, 0.2) is 0 Å². The van der Waals surface area contributed by atoms with Gasteiger partial charge < -0.3 is 10.0 Å². The van der Waals surface area contributed by atoms with Gasteiger partial charge in [-0.05, 0) is 35.4 Å². The summed E-state index contributed by atoms with van der Waals surface area (Å²) >= 11 is 6.30. The minimum absolute atomic E-state index is 0.0132. The van der Waals surface area contributed by atoms with Crippen molar-refractivity contribution in [3.05, 3.63) is 94.8 Å². The summed E-state index contributed by atoms with van der Waals surface area (Å²) in [5.74, 6) is 0.0978. The van der Waals surface area contributed by atoms with E-state index in [2.05, 4.69) is 15.8 Å². The number of hydrogen-bond acceptors (Lipinski definition) is 5. The molecule has 2 aliphatic rings. The molecule has 4 unspecified atom stereocenters. The molecule has 2 fully saturated rings. The summed E-state index contributed by atoms with van der Waals surface area (Å²) in [5.41, 5.74) is 9.11. The van der Waals surface area contributed by atoms with Crippen LogP contribution in [0.1, 0.15) is 28.8 Å². The lowest BCUT2D eigenvalue weighted by Gasteiger charge is -2.31. The Morgan fingerprint density at radius 3 is 2.63 bits per heavy atom. The fourth-order valence-corrected chi connectivity index (χ4v) is 4.87. The van der Waals surface area contributed by atoms with Crippen LogP contribution in [0.4, 0.5) is 0 Å². The number of pyridine rings is 1. The number of benzene rings is 2. The lowest BCUT2D eigenvalue weighted by Crippen LogP contribution is -2.41. The molecule has 2 aromatic carbocycles. The van der Waals surface area contributed by atoms with Gasteiger partial charge in [-0.25, -0.2) is 10.9 Å². The summed E-state index contributed by atoms with van der Waals surface area (Å²) in [4.78, 5) is 19.5. The average molecular weight is 421 g/mol. The van der Waals surface area contributed by atoms with Gasteiger partial charge in [0.2, 0.25) is 5.91 Å². The van der Waals surface area contributed by atoms with E-state index in [1.165, 1.54) is 0 Å². The van der Waals surface area contributed by atoms with Gasteiger partial charge in [-0.2, -0.15) is 0 Å². The van der Waals surface area contributed by atoms with Crippen molar-refractivity contribution in [2.45, 2.75) is 24.7 Å². The van der Waals surface area contributed by atoms with E-state index in [0.717, 1.165) is 16.7 Å². The fourth-order valence-electron chi connectivity index (χ4n) is 4.67. The molecule has 4 atom stereocenters. The topological polar surface area (TPSA) is 77.5 Å². The van der Waals surface area contributed by atoms with Crippen LogP contribution in [0, 0.1) is 5.92 Å². The highest BCUT2D eigenvalue weighted by Crippen LogP contribution is 2.49. The summed E-state index contributed by atoms with van der Waals surface area (Å²) < 4.78 is 0. The molecule has 1 aromatic heterocycles. The zero-order valence-electron chi connectivity index (χ0n) is 16.1. The van der Waals surface area contributed by atoms with Crippen molar-refractivity contribution in [1.29, 1.82) is 0 Å². The molecule has 5 rings (SSSR count). The first-order chi connectivity index (χ1) is 14.6. The van der Waals surface area contributed by atoms with E-state index < -0.39 is 6.04 Å². The molecule has 3 N–H and O–H groups in total. The summed E-state index contributed by atoms with van der Waals surface area (Å²) in [6.07, 6.45) is 3.50. The summed E-state index contributed by atoms with van der Waals surface area (Å²) in [6, 6.07) is 17.9. The number of hydrazine groups is 1. The molecule has 30 heavy (non-hydrogen) atoms. The van der Waals surface area contributed by atoms with Crippen molar-refractivity contribution in [2.75, 3.05) is 0 Å². The van der Waals surface area contributed by atoms with Gasteiger partial charge in [0, 0.05) is 35.4 Å². The number of hydrogen-bond donors (Lipinski definition) is 3. The van der Waals surface area contributed by atoms with E-state index in [4.69, 9.17) is 11.6 Å². The smallest absolute Gasteiger partial charge is 0.242 e. The maximum Gasteiger partial charge on any atom is 0.242 e. The molecule has 2 aliphatic heterocycles. The molecule has 152 valence electrons. The highest BCUT2D eigenvalue weighted by molar-refractivity contribution is 6.30. The maximum absolute atomic E-state index is 13.4. The molecular formula is C23H21ClN4O2. The van der Waals surface area contributed by atoms with Gasteiger partial charge in [0.25, 0.3) is 0 Å². The van der Waals surface area contributed by atoms with Crippen molar-refractivity contribution in [1.82, 2.24) is 20.7 Å². The first kappa shape index (κ1) is 19.1. The SMILES string of the molecule is O=C1C2NNC(c3ccccc3O)C2C(c2cccc(Cl)c2)N1Cc1cccnc1. The van der Waals surface area contributed by atoms with Gasteiger partial charge in [-0.3, -0.25) is 9.78 Å². The summed E-state index contributed by atoms with van der Waals surface area (Å²) in [7, 11) is 0. The number of nitrogens with one attached hydrogen (secondary N) is 2. The Morgan fingerprint density at radius 2 is 1.87 bits per heavy atom. The quantitative estimate of drug-likeness (QED) is 0.603. The zero-order valence-corrected chi connectivity index (χ0v) is 16.8. The number of amides is 1. The van der Waals surface area contributed by atoms with Gasteiger partial charge in [0.1, 0.15) is 11.8 Å². The zero-order chi connectivity index (χ0) is 20.7. The lowest BCUT2D eigenvalue weighted by atomic mass is 9.83. The molecule has 0 aliphatic carbocycles. The Balaban J connectivity index is 1.59. The molecule has 0 spiro atoms. The summed E-state index contributed by atoms with van der Waals surface area (Å²) in [5, 5.41) is 11.1. The van der Waals surface area contributed by atoms with E-state index in [9.17, 15) is 9.90 Å². The van der Waals surface area contributed by atoms with Crippen LogP contribution in [0.25, 0.3) is 0 Å². The van der Waals surface area contributed by atoms with Crippen molar-refractivity contribution in [2.24, 2.45) is 5.92 Å². The van der Waals surface area contributed by atoms with Crippen LogP contribution < -0.4 is 10.9 Å². The van der Waals surface area contributed by atoms with E-state index in [1.54, 1.807) is 24.5 Å². The minimum atomic E-state index is -0.407. The number of aromatic nitrogens is 1. The Morgan fingerprint density at radius 1 is 1.03 bits per heavy atom. The third-order valence-corrected chi connectivity index (χ3v) is 6.19. The average Bonchev–Trinajstić information content (AvgIpc) is 3.29. The second-order valence-corrected chi connectivity index (χ2v) is 8.14. The van der Waals surface area contributed by atoms with Crippen LogP contribution in [-0.2, 0) is 11.3 Å². The second-order valence-electron chi connectivity index (χ2n) is 7.71. The number of likely N-dealkylation sites (tertiary alicyclic amines) is 1. The number of fused-ring (bicyclic) bond motifs is 1. The molecular weight excluding hydrogens is 400 g/mol. The predicted molar refractivity (Wildman–Crippen MR) is 113 cm³/mol. The summed E-state index contributed by atoms with van der Waals surface area (Å²) in [6.45, 7) is 0.450. The van der Waals surface area contributed by atoms with Crippen LogP contribution >= 0.6 is 11.6 Å². The third-order valence-electron chi connectivity index (χ3n) is 5.95. The van der Waals surface area contributed by atoms with Crippen LogP contribution in [0.2, 0.25) is 5.02 Å². The Bertz CT molecular complexity index is 1080. The second kappa shape index (κ2) is 7.72. The first-order valence-electron chi connectivity index (χ1n) is 9.87. The van der Waals surface area contributed by atoms with E-state index in [0.29, 0.717) is 11.6 Å². The minimum Gasteiger partial charge on any atom is -0.508 e. The maximum atomic E-state index is 13.4. The standard InChI is InChI=1S/C23H21ClN4O2/c24-16-7-3-6-15(11-16)22-19-20(17-8-1-2-9-18(17)29)26-27-21(19)23(30)28(22)13-14-5-4-10-25-12-14/h1-12,19-22,26-27,29H,13H2. The molecule has 3 heterocycles. The number of carbonyl (C=O) groups is 1. The number of rotatable bonds is 4.